The van der Waals surface area contributed by atoms with Crippen LogP contribution >= 0.6 is 0 Å². The first-order valence-electron chi connectivity index (χ1n) is 6.26. The number of hydrogen-bond acceptors (Lipinski definition) is 1. The topological polar surface area (TPSA) is 12.0 Å². The van der Waals surface area contributed by atoms with Crippen LogP contribution in [0.5, 0.6) is 0 Å². The lowest BCUT2D eigenvalue weighted by Crippen LogP contribution is -2.08. The monoisotopic (exact) mass is 223 g/mol. The Kier molecular flexibility index (Phi) is 2.93. The Balaban J connectivity index is 1.91. The molecule has 1 aliphatic rings. The summed E-state index contributed by atoms with van der Waals surface area (Å²) in [5.74, 6) is 1.22. The Bertz CT molecular complexity index is 418. The molecule has 1 fully saturated rings. The molecule has 0 aliphatic carbocycles. The fourth-order valence-corrected chi connectivity index (χ4v) is 2.78. The van der Waals surface area contributed by atoms with Gasteiger partial charge in [0.25, 0.3) is 0 Å². The van der Waals surface area contributed by atoms with Gasteiger partial charge in [0.2, 0.25) is 0 Å². The largest absolute Gasteiger partial charge is 0.315 e. The first kappa shape index (κ1) is 10.5. The molecule has 0 spiro atoms. The maximum atomic E-state index is 3.52. The molecule has 1 saturated heterocycles. The van der Waals surface area contributed by atoms with Crippen molar-refractivity contribution in [3.8, 4) is 0 Å². The van der Waals surface area contributed by atoms with E-state index in [4.69, 9.17) is 0 Å². The second-order valence-electron chi connectivity index (χ2n) is 4.69. The van der Waals surface area contributed by atoms with Gasteiger partial charge in [-0.2, -0.15) is 0 Å². The van der Waals surface area contributed by atoms with E-state index in [1.54, 1.807) is 0 Å². The predicted octanol–water partition coefficient (Wildman–Crippen LogP) is 3.16. The van der Waals surface area contributed by atoms with Gasteiger partial charge in [-0.1, -0.05) is 60.7 Å². The molecule has 2 atom stereocenters. The van der Waals surface area contributed by atoms with Crippen molar-refractivity contribution in [1.29, 1.82) is 0 Å². The van der Waals surface area contributed by atoms with E-state index in [0.29, 0.717) is 11.8 Å². The van der Waals surface area contributed by atoms with Crippen molar-refractivity contribution in [3.63, 3.8) is 0 Å². The summed E-state index contributed by atoms with van der Waals surface area (Å²) in [4.78, 5) is 0. The van der Waals surface area contributed by atoms with Crippen LogP contribution in [0, 0.1) is 0 Å². The van der Waals surface area contributed by atoms with Gasteiger partial charge in [-0.3, -0.25) is 0 Å². The molecule has 0 radical (unpaired) electrons. The van der Waals surface area contributed by atoms with Gasteiger partial charge in [0.15, 0.2) is 0 Å². The average Bonchev–Trinajstić information content (AvgIpc) is 2.90. The summed E-state index contributed by atoms with van der Waals surface area (Å²) >= 11 is 0. The van der Waals surface area contributed by atoms with Crippen LogP contribution in [0.4, 0.5) is 0 Å². The summed E-state index contributed by atoms with van der Waals surface area (Å²) in [6.45, 7) is 2.17. The highest BCUT2D eigenvalue weighted by Crippen LogP contribution is 2.35. The molecule has 1 N–H and O–H groups in total. The molecule has 86 valence electrons. The summed E-state index contributed by atoms with van der Waals surface area (Å²) in [6.07, 6.45) is 0. The van der Waals surface area contributed by atoms with E-state index in [9.17, 15) is 0 Å². The molecule has 0 aromatic heterocycles. The summed E-state index contributed by atoms with van der Waals surface area (Å²) in [6, 6.07) is 21.7. The predicted molar refractivity (Wildman–Crippen MR) is 71.2 cm³/mol. The normalized spacial score (nSPS) is 23.8. The Morgan fingerprint density at radius 1 is 0.647 bits per heavy atom. The average molecular weight is 223 g/mol. The van der Waals surface area contributed by atoms with Crippen LogP contribution in [0.1, 0.15) is 23.0 Å². The van der Waals surface area contributed by atoms with E-state index in [-0.39, 0.29) is 0 Å². The van der Waals surface area contributed by atoms with E-state index < -0.39 is 0 Å². The fourth-order valence-electron chi connectivity index (χ4n) is 2.78. The summed E-state index contributed by atoms with van der Waals surface area (Å²) in [5.41, 5.74) is 2.90. The Morgan fingerprint density at radius 3 is 1.47 bits per heavy atom. The maximum absolute atomic E-state index is 3.52. The summed E-state index contributed by atoms with van der Waals surface area (Å²) < 4.78 is 0. The zero-order valence-corrected chi connectivity index (χ0v) is 9.84. The third kappa shape index (κ3) is 2.11. The lowest BCUT2D eigenvalue weighted by molar-refractivity contribution is 0.666. The molecule has 0 saturated carbocycles. The molecule has 1 heteroatoms. The molecule has 17 heavy (non-hydrogen) atoms. The number of nitrogens with one attached hydrogen (secondary N) is 1. The third-order valence-electron chi connectivity index (χ3n) is 3.67. The van der Waals surface area contributed by atoms with Gasteiger partial charge in [0.05, 0.1) is 0 Å². The van der Waals surface area contributed by atoms with Crippen molar-refractivity contribution >= 4 is 0 Å². The van der Waals surface area contributed by atoms with E-state index >= 15 is 0 Å². The highest BCUT2D eigenvalue weighted by molar-refractivity contribution is 5.31. The standard InChI is InChI=1S/C16H17N/c1-3-7-13(8-4-1)15-11-17-12-16(15)14-9-5-2-6-10-14/h1-10,15-17H,11-12H2. The molecular weight excluding hydrogens is 206 g/mol. The van der Waals surface area contributed by atoms with Gasteiger partial charge >= 0.3 is 0 Å². The molecule has 2 aromatic carbocycles. The lowest BCUT2D eigenvalue weighted by atomic mass is 9.84. The fraction of sp³-hybridized carbons (Fsp3) is 0.250. The minimum Gasteiger partial charge on any atom is -0.315 e. The van der Waals surface area contributed by atoms with Crippen molar-refractivity contribution < 1.29 is 0 Å². The van der Waals surface area contributed by atoms with Crippen LogP contribution in [0.3, 0.4) is 0 Å². The highest BCUT2D eigenvalue weighted by Gasteiger charge is 2.29. The van der Waals surface area contributed by atoms with E-state index in [1.165, 1.54) is 11.1 Å². The molecule has 1 aliphatic heterocycles. The molecule has 0 bridgehead atoms. The van der Waals surface area contributed by atoms with Crippen molar-refractivity contribution in [2.24, 2.45) is 0 Å². The quantitative estimate of drug-likeness (QED) is 0.824. The SMILES string of the molecule is c1ccc(C2CNCC2c2ccccc2)cc1. The first-order valence-corrected chi connectivity index (χ1v) is 6.26. The van der Waals surface area contributed by atoms with Gasteiger partial charge in [-0.05, 0) is 11.1 Å². The van der Waals surface area contributed by atoms with Crippen molar-refractivity contribution in [2.75, 3.05) is 13.1 Å². The van der Waals surface area contributed by atoms with Gasteiger partial charge in [-0.15, -0.1) is 0 Å². The molecule has 1 heterocycles. The van der Waals surface area contributed by atoms with Crippen LogP contribution in [0.15, 0.2) is 60.7 Å². The van der Waals surface area contributed by atoms with Gasteiger partial charge < -0.3 is 5.32 Å². The highest BCUT2D eigenvalue weighted by atomic mass is 14.9. The third-order valence-corrected chi connectivity index (χ3v) is 3.67. The molecule has 2 unspecified atom stereocenters. The second-order valence-corrected chi connectivity index (χ2v) is 4.69. The number of hydrogen-bond donors (Lipinski definition) is 1. The van der Waals surface area contributed by atoms with Crippen LogP contribution in [-0.4, -0.2) is 13.1 Å². The van der Waals surface area contributed by atoms with Gasteiger partial charge in [0, 0.05) is 24.9 Å². The Morgan fingerprint density at radius 2 is 1.06 bits per heavy atom. The van der Waals surface area contributed by atoms with Crippen LogP contribution in [0.25, 0.3) is 0 Å². The van der Waals surface area contributed by atoms with Crippen molar-refractivity contribution in [3.05, 3.63) is 71.8 Å². The van der Waals surface area contributed by atoms with Gasteiger partial charge in [0.1, 0.15) is 0 Å². The summed E-state index contributed by atoms with van der Waals surface area (Å²) in [7, 11) is 0. The van der Waals surface area contributed by atoms with Crippen LogP contribution < -0.4 is 5.32 Å². The van der Waals surface area contributed by atoms with Crippen LogP contribution in [0.2, 0.25) is 0 Å². The zero-order valence-electron chi connectivity index (χ0n) is 9.84. The first-order chi connectivity index (χ1) is 8.45. The Labute approximate surface area is 102 Å². The van der Waals surface area contributed by atoms with Gasteiger partial charge in [-0.25, -0.2) is 0 Å². The molecule has 0 amide bonds. The minimum atomic E-state index is 0.610. The minimum absolute atomic E-state index is 0.610. The zero-order chi connectivity index (χ0) is 11.5. The van der Waals surface area contributed by atoms with Crippen LogP contribution in [-0.2, 0) is 0 Å². The number of rotatable bonds is 2. The van der Waals surface area contributed by atoms with E-state index in [0.717, 1.165) is 13.1 Å². The summed E-state index contributed by atoms with van der Waals surface area (Å²) in [5, 5.41) is 3.52. The Hall–Kier alpha value is -1.60. The molecule has 3 rings (SSSR count). The lowest BCUT2D eigenvalue weighted by Gasteiger charge is -2.19. The van der Waals surface area contributed by atoms with E-state index in [1.807, 2.05) is 0 Å². The smallest absolute Gasteiger partial charge is 0.00443 e. The van der Waals surface area contributed by atoms with Crippen molar-refractivity contribution in [1.82, 2.24) is 5.32 Å². The molecular formula is C16H17N. The molecule has 2 aromatic rings. The maximum Gasteiger partial charge on any atom is 0.00443 e. The van der Waals surface area contributed by atoms with E-state index in [2.05, 4.69) is 66.0 Å². The molecule has 1 nitrogen and oxygen atoms in total. The second kappa shape index (κ2) is 4.72. The number of benzene rings is 2. The van der Waals surface area contributed by atoms with Crippen molar-refractivity contribution in [2.45, 2.75) is 11.8 Å².